The molecule has 117 heavy (non-hydrogen) atoms. The fourth-order valence-corrected chi connectivity index (χ4v) is 18.2. The first-order valence-corrected chi connectivity index (χ1v) is 41.4. The van der Waals surface area contributed by atoms with Gasteiger partial charge >= 0.3 is 0 Å². The molecule has 4 heterocycles. The van der Waals surface area contributed by atoms with Crippen molar-refractivity contribution in [2.45, 2.75) is 183 Å². The zero-order chi connectivity index (χ0) is 93.4. The first-order valence-electron chi connectivity index (χ1n) is 47.9. The Labute approximate surface area is 713 Å². The van der Waals surface area contributed by atoms with Gasteiger partial charge in [0.25, 0.3) is 6.71 Å². The smallest absolute Gasteiger partial charge is 0.252 e. The normalized spacial score (nSPS) is 15.0. The molecule has 2 aromatic heterocycles. The zero-order valence-corrected chi connectivity index (χ0v) is 71.6. The number of fused-ring (bicyclic) bond motifs is 10. The van der Waals surface area contributed by atoms with Gasteiger partial charge in [0.1, 0.15) is 0 Å². The highest BCUT2D eigenvalue weighted by atomic mass is 15.2. The summed E-state index contributed by atoms with van der Waals surface area (Å²) in [6.07, 6.45) is 0. The number of aromatic nitrogens is 2. The Bertz CT molecular complexity index is 7190. The van der Waals surface area contributed by atoms with Crippen LogP contribution in [0.25, 0.3) is 111 Å². The molecule has 0 spiro atoms. The molecule has 582 valence electrons. The lowest BCUT2D eigenvalue weighted by atomic mass is 9.33. The summed E-state index contributed by atoms with van der Waals surface area (Å²) in [5.41, 5.74) is 23.5. The van der Waals surface area contributed by atoms with Gasteiger partial charge in [-0.25, -0.2) is 0 Å². The van der Waals surface area contributed by atoms with Crippen LogP contribution in [-0.2, 0) is 37.9 Å². The average molecular weight is 1540 g/mol. The van der Waals surface area contributed by atoms with Crippen LogP contribution in [0.3, 0.4) is 0 Å². The van der Waals surface area contributed by atoms with Crippen LogP contribution in [-0.4, -0.2) is 15.8 Å². The predicted octanol–water partition coefficient (Wildman–Crippen LogP) is 29.4. The maximum Gasteiger partial charge on any atom is 0.252 e. The average Bonchev–Trinajstić information content (AvgIpc) is 0.958. The molecule has 5 heteroatoms. The Hall–Kier alpha value is -11.7. The molecule has 2 aliphatic heterocycles. The van der Waals surface area contributed by atoms with Crippen molar-refractivity contribution in [2.75, 3.05) is 9.80 Å². The zero-order valence-electron chi connectivity index (χ0n) is 84.6. The fraction of sp³-hybridized carbons (Fsp3) is 0.250. The topological polar surface area (TPSA) is 16.3 Å². The van der Waals surface area contributed by atoms with Crippen LogP contribution < -0.4 is 26.2 Å². The standard InChI is InChI=1S/C112H111BN4/c1-106(2,3)75-51-44-71(45-52-75)82-36-29-37-83(72-46-53-76(54-47-72)107(4,5)6)104(82)117-99-67-80(114-94-42-27-25-34-85(94)86-35-26-28-43-95(86)114)59-61-93(99)113-92-60-50-74(70-32-23-22-24-33-70)64-98(92)116(100-68-81(69-101(117)103(100)113)115-96-62-57-78(109(10,11)12)65-88(96)89-66-79(110(13,14)15)58-63-97(89)115)105-84(73-48-55-77(56-49-73)108(7,8)9)38-30-39-87(105)102-90(111(16,17)18)40-31-41-91(102)112(19,20)21/h22-69H,1-21H3/i22D,23D,24D,25D,26D,27D,28D,32D,33D,34D,35D,42D,43D. The molecule has 2 aliphatic rings. The maximum absolute atomic E-state index is 10.1. The Morgan fingerprint density at radius 3 is 1.03 bits per heavy atom. The Kier molecular flexibility index (Phi) is 14.7. The van der Waals surface area contributed by atoms with Gasteiger partial charge in [0, 0.05) is 72.2 Å². The van der Waals surface area contributed by atoms with E-state index in [9.17, 15) is 16.4 Å². The van der Waals surface area contributed by atoms with Gasteiger partial charge in [0.2, 0.25) is 0 Å². The van der Waals surface area contributed by atoms with Gasteiger partial charge in [-0.2, -0.15) is 0 Å². The van der Waals surface area contributed by atoms with Gasteiger partial charge in [-0.1, -0.05) is 370 Å². The van der Waals surface area contributed by atoms with E-state index in [1.54, 1.807) is 4.57 Å². The maximum atomic E-state index is 10.1. The van der Waals surface area contributed by atoms with E-state index < -0.39 is 84.0 Å². The SMILES string of the molecule is [2H]c1c([2H])c([2H])c(-c2ccc3c(c2)N(c2c(-c4ccc(C(C)(C)C)cc4)cccc2-c2c(C(C)(C)C)cccc2C(C)(C)C)c2cc(-n4c5ccc(C(C)(C)C)cc5c5cc(C(C)(C)C)ccc54)cc4c2B3c2ccc(-n3c5c([2H])c([2H])c([2H])c([2H])c5c5c([2H])c([2H])c([2H])c([2H])c53)cc2N4c2c(-c3ccc(C(C)(C)C)cc3)cccc2-c2ccc(C(C)(C)C)cc2)c([2H])c1[2H]. The highest BCUT2D eigenvalue weighted by Crippen LogP contribution is 2.57. The molecule has 0 atom stereocenters. The summed E-state index contributed by atoms with van der Waals surface area (Å²) in [7, 11) is 0. The molecule has 18 rings (SSSR count). The van der Waals surface area contributed by atoms with Crippen molar-refractivity contribution in [3.8, 4) is 67.0 Å². The van der Waals surface area contributed by atoms with E-state index in [1.165, 1.54) is 0 Å². The van der Waals surface area contributed by atoms with Gasteiger partial charge in [-0.3, -0.25) is 0 Å². The van der Waals surface area contributed by atoms with Gasteiger partial charge in [0.05, 0.1) is 56.9 Å². The predicted molar refractivity (Wildman–Crippen MR) is 507 cm³/mol. The summed E-state index contributed by atoms with van der Waals surface area (Å²) in [4.78, 5) is 4.86. The van der Waals surface area contributed by atoms with Crippen LogP contribution in [0.4, 0.5) is 34.1 Å². The minimum atomic E-state index is -0.768. The van der Waals surface area contributed by atoms with Gasteiger partial charge < -0.3 is 18.9 Å². The lowest BCUT2D eigenvalue weighted by Gasteiger charge is -2.46. The second kappa shape index (κ2) is 27.5. The number of benzene rings is 14. The third kappa shape index (κ3) is 13.1. The van der Waals surface area contributed by atoms with Crippen molar-refractivity contribution < 1.29 is 17.8 Å². The molecule has 0 bridgehead atoms. The first kappa shape index (κ1) is 62.6. The number of anilines is 6. The summed E-state index contributed by atoms with van der Waals surface area (Å²) in [5, 5.41) is 2.01. The Balaban J connectivity index is 1.12. The van der Waals surface area contributed by atoms with Crippen LogP contribution in [0.2, 0.25) is 0 Å². The molecule has 0 amide bonds. The van der Waals surface area contributed by atoms with Gasteiger partial charge in [-0.05, 0) is 193 Å². The van der Waals surface area contributed by atoms with Crippen LogP contribution in [0.1, 0.15) is 202 Å². The molecule has 0 saturated heterocycles. The van der Waals surface area contributed by atoms with Crippen molar-refractivity contribution in [2.24, 2.45) is 0 Å². The van der Waals surface area contributed by atoms with Crippen LogP contribution in [0, 0.1) is 0 Å². The van der Waals surface area contributed by atoms with E-state index in [-0.39, 0.29) is 66.5 Å². The number of hydrogen-bond acceptors (Lipinski definition) is 2. The Morgan fingerprint density at radius 1 is 0.256 bits per heavy atom. The van der Waals surface area contributed by atoms with Crippen molar-refractivity contribution >= 4 is 101 Å². The lowest BCUT2D eigenvalue weighted by Crippen LogP contribution is -2.61. The number of rotatable bonds is 9. The number of nitrogens with zero attached hydrogens (tertiary/aromatic N) is 4. The molecule has 16 aromatic rings. The van der Waals surface area contributed by atoms with Crippen LogP contribution in [0.5, 0.6) is 0 Å². The van der Waals surface area contributed by atoms with E-state index >= 15 is 0 Å². The molecule has 14 aromatic carbocycles. The largest absolute Gasteiger partial charge is 0.310 e. The summed E-state index contributed by atoms with van der Waals surface area (Å²) in [6.45, 7) is 46.4. The summed E-state index contributed by atoms with van der Waals surface area (Å²) < 4.78 is 129. The van der Waals surface area contributed by atoms with E-state index in [1.807, 2.05) is 24.3 Å². The second-order valence-corrected chi connectivity index (χ2v) is 39.7. The van der Waals surface area contributed by atoms with Crippen molar-refractivity contribution in [3.05, 3.63) is 330 Å². The van der Waals surface area contributed by atoms with Crippen molar-refractivity contribution in [1.29, 1.82) is 0 Å². The minimum absolute atomic E-state index is 0.0279. The molecule has 0 fully saturated rings. The number of para-hydroxylation sites is 4. The first-order chi connectivity index (χ1) is 60.9. The van der Waals surface area contributed by atoms with E-state index in [0.717, 1.165) is 150 Å². The molecular weight excluding hydrogens is 1410 g/mol. The molecule has 0 aliphatic carbocycles. The third-order valence-corrected chi connectivity index (χ3v) is 24.5. The van der Waals surface area contributed by atoms with E-state index in [0.29, 0.717) is 22.6 Å². The van der Waals surface area contributed by atoms with Gasteiger partial charge in [0.15, 0.2) is 0 Å². The fourth-order valence-electron chi connectivity index (χ4n) is 18.2. The van der Waals surface area contributed by atoms with E-state index in [2.05, 4.69) is 348 Å². The second-order valence-electron chi connectivity index (χ2n) is 39.7. The quantitative estimate of drug-likeness (QED) is 0.134. The number of hydrogen-bond donors (Lipinski definition) is 0. The van der Waals surface area contributed by atoms with Crippen LogP contribution >= 0.6 is 0 Å². The van der Waals surface area contributed by atoms with Crippen molar-refractivity contribution in [3.63, 3.8) is 0 Å². The Morgan fingerprint density at radius 2 is 0.607 bits per heavy atom. The molecule has 0 saturated carbocycles. The monoisotopic (exact) mass is 1540 g/mol. The highest BCUT2D eigenvalue weighted by molar-refractivity contribution is 7.00. The molecule has 4 nitrogen and oxygen atoms in total. The third-order valence-electron chi connectivity index (χ3n) is 24.5. The lowest BCUT2D eigenvalue weighted by molar-refractivity contribution is 0.572. The van der Waals surface area contributed by atoms with E-state index in [4.69, 9.17) is 1.37 Å². The summed E-state index contributed by atoms with van der Waals surface area (Å²) >= 11 is 0. The van der Waals surface area contributed by atoms with Crippen molar-refractivity contribution in [1.82, 2.24) is 9.13 Å². The molecule has 0 N–H and O–H groups in total. The summed E-state index contributed by atoms with van der Waals surface area (Å²) in [6, 6.07) is 71.1. The minimum Gasteiger partial charge on any atom is -0.310 e. The summed E-state index contributed by atoms with van der Waals surface area (Å²) in [5.74, 6) is 0. The van der Waals surface area contributed by atoms with Crippen LogP contribution in [0.15, 0.2) is 291 Å². The molecule has 0 unspecified atom stereocenters. The molecule has 0 radical (unpaired) electrons. The van der Waals surface area contributed by atoms with Gasteiger partial charge in [-0.15, -0.1) is 0 Å². The molecular formula is C112H111BN4. The highest BCUT2D eigenvalue weighted by Gasteiger charge is 2.47.